The third-order valence-electron chi connectivity index (χ3n) is 2.38. The number of rotatable bonds is 5. The Balaban J connectivity index is 1.91. The Morgan fingerprint density at radius 1 is 1.50 bits per heavy atom. The number of carbonyl (C=O) groups excluding carboxylic acids is 1. The van der Waals surface area contributed by atoms with E-state index >= 15 is 0 Å². The molecule has 0 saturated heterocycles. The molecular formula is C11H14N6O. The zero-order valence-electron chi connectivity index (χ0n) is 10.00. The summed E-state index contributed by atoms with van der Waals surface area (Å²) in [5.41, 5.74) is 0.526. The van der Waals surface area contributed by atoms with Crippen LogP contribution < -0.4 is 10.6 Å². The summed E-state index contributed by atoms with van der Waals surface area (Å²) in [5.74, 6) is 0.406. The molecule has 0 spiro atoms. The van der Waals surface area contributed by atoms with Gasteiger partial charge < -0.3 is 10.6 Å². The molecule has 18 heavy (non-hydrogen) atoms. The Hall–Kier alpha value is -2.44. The summed E-state index contributed by atoms with van der Waals surface area (Å²) in [6, 6.07) is 3.46. The van der Waals surface area contributed by atoms with Gasteiger partial charge in [0.25, 0.3) is 5.91 Å². The molecule has 0 aromatic carbocycles. The van der Waals surface area contributed by atoms with Gasteiger partial charge in [0, 0.05) is 19.8 Å². The van der Waals surface area contributed by atoms with Crippen LogP contribution in [0.4, 0.5) is 5.82 Å². The summed E-state index contributed by atoms with van der Waals surface area (Å²) in [6.07, 6.45) is 4.70. The Kier molecular flexibility index (Phi) is 3.85. The van der Waals surface area contributed by atoms with Crippen LogP contribution in [0.5, 0.6) is 0 Å². The lowest BCUT2D eigenvalue weighted by Gasteiger charge is -2.08. The number of hydrogen-bond donors (Lipinski definition) is 2. The first-order valence-corrected chi connectivity index (χ1v) is 5.54. The molecule has 1 amide bonds. The maximum Gasteiger partial charge on any atom is 0.255 e. The third-order valence-corrected chi connectivity index (χ3v) is 2.38. The van der Waals surface area contributed by atoms with E-state index in [2.05, 4.69) is 25.7 Å². The minimum Gasteiger partial charge on any atom is -0.372 e. The molecule has 2 heterocycles. The second-order valence-electron chi connectivity index (χ2n) is 3.56. The first kappa shape index (κ1) is 12.0. The summed E-state index contributed by atoms with van der Waals surface area (Å²) in [5, 5.41) is 9.63. The summed E-state index contributed by atoms with van der Waals surface area (Å²) in [4.78, 5) is 19.8. The van der Waals surface area contributed by atoms with Crippen LogP contribution >= 0.6 is 0 Å². The van der Waals surface area contributed by atoms with Crippen molar-refractivity contribution in [3.63, 3.8) is 0 Å². The van der Waals surface area contributed by atoms with E-state index in [1.807, 2.05) is 0 Å². The maximum absolute atomic E-state index is 11.9. The molecule has 94 valence electrons. The number of nitrogens with one attached hydrogen (secondary N) is 2. The van der Waals surface area contributed by atoms with Crippen LogP contribution in [0, 0.1) is 0 Å². The van der Waals surface area contributed by atoms with Gasteiger partial charge in [-0.25, -0.2) is 9.97 Å². The number of hydrogen-bond acceptors (Lipinski definition) is 5. The molecule has 2 aromatic heterocycles. The molecule has 0 saturated carbocycles. The molecule has 2 rings (SSSR count). The van der Waals surface area contributed by atoms with Crippen LogP contribution in [0.1, 0.15) is 10.4 Å². The minimum absolute atomic E-state index is 0.160. The van der Waals surface area contributed by atoms with Crippen molar-refractivity contribution in [3.8, 4) is 0 Å². The standard InChI is InChI=1S/C11H14N6O/c1-12-10-9(3-2-4-14-10)11(18)15-5-6-17-8-13-7-16-17/h2-4,7-8H,5-6H2,1H3,(H,12,14)(H,15,18). The molecule has 0 unspecified atom stereocenters. The summed E-state index contributed by atoms with van der Waals surface area (Å²) in [7, 11) is 1.73. The van der Waals surface area contributed by atoms with Crippen LogP contribution in [-0.2, 0) is 6.54 Å². The average Bonchev–Trinajstić information content (AvgIpc) is 2.91. The van der Waals surface area contributed by atoms with Gasteiger partial charge in [0.2, 0.25) is 0 Å². The van der Waals surface area contributed by atoms with Gasteiger partial charge in [-0.2, -0.15) is 5.10 Å². The number of aromatic nitrogens is 4. The summed E-state index contributed by atoms with van der Waals surface area (Å²) >= 11 is 0. The Bertz CT molecular complexity index is 510. The van der Waals surface area contributed by atoms with Crippen molar-refractivity contribution in [3.05, 3.63) is 36.5 Å². The van der Waals surface area contributed by atoms with Gasteiger partial charge in [0.1, 0.15) is 18.5 Å². The number of anilines is 1. The van der Waals surface area contributed by atoms with Crippen molar-refractivity contribution in [2.45, 2.75) is 6.54 Å². The molecule has 2 N–H and O–H groups in total. The SMILES string of the molecule is CNc1ncccc1C(=O)NCCn1cncn1. The van der Waals surface area contributed by atoms with Crippen molar-refractivity contribution in [2.24, 2.45) is 0 Å². The van der Waals surface area contributed by atoms with E-state index in [9.17, 15) is 4.79 Å². The van der Waals surface area contributed by atoms with Gasteiger partial charge in [0.15, 0.2) is 0 Å². The minimum atomic E-state index is -0.160. The van der Waals surface area contributed by atoms with E-state index in [4.69, 9.17) is 0 Å². The maximum atomic E-state index is 11.9. The summed E-state index contributed by atoms with van der Waals surface area (Å²) < 4.78 is 1.66. The first-order valence-electron chi connectivity index (χ1n) is 5.54. The van der Waals surface area contributed by atoms with Gasteiger partial charge in [-0.3, -0.25) is 9.48 Å². The lowest BCUT2D eigenvalue weighted by atomic mass is 10.2. The Morgan fingerprint density at radius 3 is 3.11 bits per heavy atom. The molecule has 0 radical (unpaired) electrons. The van der Waals surface area contributed by atoms with Crippen molar-refractivity contribution in [2.75, 3.05) is 18.9 Å². The highest BCUT2D eigenvalue weighted by Crippen LogP contribution is 2.09. The zero-order chi connectivity index (χ0) is 12.8. The highest BCUT2D eigenvalue weighted by molar-refractivity contribution is 5.98. The molecule has 0 aliphatic rings. The van der Waals surface area contributed by atoms with E-state index in [1.165, 1.54) is 6.33 Å². The fourth-order valence-electron chi connectivity index (χ4n) is 1.52. The zero-order valence-corrected chi connectivity index (χ0v) is 10.00. The lowest BCUT2D eigenvalue weighted by Crippen LogP contribution is -2.28. The van der Waals surface area contributed by atoms with Crippen LogP contribution in [0.3, 0.4) is 0 Å². The molecule has 0 aliphatic heterocycles. The van der Waals surface area contributed by atoms with E-state index in [-0.39, 0.29) is 5.91 Å². The number of nitrogens with zero attached hydrogens (tertiary/aromatic N) is 4. The lowest BCUT2D eigenvalue weighted by molar-refractivity contribution is 0.0952. The van der Waals surface area contributed by atoms with E-state index in [0.717, 1.165) is 0 Å². The van der Waals surface area contributed by atoms with Crippen LogP contribution in [0.25, 0.3) is 0 Å². The molecule has 2 aromatic rings. The molecule has 7 heteroatoms. The fraction of sp³-hybridized carbons (Fsp3) is 0.273. The predicted molar refractivity (Wildman–Crippen MR) is 66.1 cm³/mol. The van der Waals surface area contributed by atoms with E-state index < -0.39 is 0 Å². The van der Waals surface area contributed by atoms with Crippen LogP contribution in [-0.4, -0.2) is 39.2 Å². The van der Waals surface area contributed by atoms with Gasteiger partial charge in [-0.05, 0) is 12.1 Å². The molecule has 0 bridgehead atoms. The van der Waals surface area contributed by atoms with Crippen molar-refractivity contribution >= 4 is 11.7 Å². The fourth-order valence-corrected chi connectivity index (χ4v) is 1.52. The third kappa shape index (κ3) is 2.82. The number of carbonyl (C=O) groups is 1. The molecule has 0 fully saturated rings. The van der Waals surface area contributed by atoms with E-state index in [1.54, 1.807) is 36.4 Å². The van der Waals surface area contributed by atoms with Crippen molar-refractivity contribution in [1.82, 2.24) is 25.1 Å². The highest BCUT2D eigenvalue weighted by atomic mass is 16.1. The smallest absolute Gasteiger partial charge is 0.255 e. The quantitative estimate of drug-likeness (QED) is 0.784. The largest absolute Gasteiger partial charge is 0.372 e. The normalized spacial score (nSPS) is 10.1. The Labute approximate surface area is 104 Å². The van der Waals surface area contributed by atoms with Crippen molar-refractivity contribution < 1.29 is 4.79 Å². The first-order chi connectivity index (χ1) is 8.81. The highest BCUT2D eigenvalue weighted by Gasteiger charge is 2.10. The number of amides is 1. The molecule has 7 nitrogen and oxygen atoms in total. The van der Waals surface area contributed by atoms with Gasteiger partial charge in [0.05, 0.1) is 12.1 Å². The van der Waals surface area contributed by atoms with Crippen LogP contribution in [0.2, 0.25) is 0 Å². The average molecular weight is 246 g/mol. The molecule has 0 atom stereocenters. The van der Waals surface area contributed by atoms with E-state index in [0.29, 0.717) is 24.5 Å². The molecular weight excluding hydrogens is 232 g/mol. The predicted octanol–water partition coefficient (Wildman–Crippen LogP) is 0.145. The second-order valence-corrected chi connectivity index (χ2v) is 3.56. The van der Waals surface area contributed by atoms with Crippen LogP contribution in [0.15, 0.2) is 31.0 Å². The molecule has 0 aliphatic carbocycles. The number of pyridine rings is 1. The van der Waals surface area contributed by atoms with Gasteiger partial charge in [-0.15, -0.1) is 0 Å². The van der Waals surface area contributed by atoms with Crippen molar-refractivity contribution in [1.29, 1.82) is 0 Å². The topological polar surface area (TPSA) is 84.7 Å². The summed E-state index contributed by atoms with van der Waals surface area (Å²) in [6.45, 7) is 1.07. The van der Waals surface area contributed by atoms with Gasteiger partial charge in [-0.1, -0.05) is 0 Å². The Morgan fingerprint density at radius 2 is 2.39 bits per heavy atom. The second kappa shape index (κ2) is 5.76. The monoisotopic (exact) mass is 246 g/mol. The van der Waals surface area contributed by atoms with Gasteiger partial charge >= 0.3 is 0 Å².